The van der Waals surface area contributed by atoms with Crippen molar-refractivity contribution in [1.29, 1.82) is 0 Å². The molecule has 0 aliphatic rings. The second-order valence-corrected chi connectivity index (χ2v) is 6.11. The van der Waals surface area contributed by atoms with Crippen molar-refractivity contribution >= 4 is 29.3 Å². The smallest absolute Gasteiger partial charge is 0.248 e. The monoisotopic (exact) mass is 367 g/mol. The number of benzene rings is 2. The third kappa shape index (κ3) is 4.82. The lowest BCUT2D eigenvalue weighted by molar-refractivity contribution is 0.1000. The topological polar surface area (TPSA) is 61.5 Å². The molecule has 0 saturated carbocycles. The molecule has 4 nitrogen and oxygen atoms in total. The molecular weight excluding hydrogens is 346 g/mol. The van der Waals surface area contributed by atoms with Gasteiger partial charge in [0, 0.05) is 15.4 Å². The quantitative estimate of drug-likeness (QED) is 0.812. The van der Waals surface area contributed by atoms with Gasteiger partial charge in [-0.2, -0.15) is 0 Å². The summed E-state index contributed by atoms with van der Waals surface area (Å²) in [6.45, 7) is 5.95. The third-order valence-electron chi connectivity index (χ3n) is 3.08. The number of rotatable bonds is 5. The Morgan fingerprint density at radius 2 is 1.79 bits per heavy atom. The molecule has 6 heteroatoms. The highest BCUT2D eigenvalue weighted by Crippen LogP contribution is 2.40. The van der Waals surface area contributed by atoms with E-state index in [1.54, 1.807) is 32.4 Å². The number of aryl methyl sites for hydroxylation is 1. The molecule has 2 N–H and O–H groups in total. The van der Waals surface area contributed by atoms with Gasteiger partial charge in [-0.25, -0.2) is 0 Å². The zero-order valence-electron chi connectivity index (χ0n) is 14.5. The van der Waals surface area contributed by atoms with Gasteiger partial charge >= 0.3 is 0 Å². The van der Waals surface area contributed by atoms with Gasteiger partial charge in [-0.05, 0) is 42.8 Å². The van der Waals surface area contributed by atoms with Crippen LogP contribution in [-0.2, 0) is 0 Å². The van der Waals surface area contributed by atoms with Crippen molar-refractivity contribution in [3.63, 3.8) is 0 Å². The van der Waals surface area contributed by atoms with E-state index in [2.05, 4.69) is 0 Å². The maximum Gasteiger partial charge on any atom is 0.248 e. The Morgan fingerprint density at radius 3 is 2.29 bits per heavy atom. The van der Waals surface area contributed by atoms with E-state index in [0.29, 0.717) is 22.1 Å². The standard InChI is InChI=1S/C16H16ClNO3S.C2H6/c1-9-6-11(8-13(20-2)15(9)21-3)22-14-5-4-10(16(18)19)7-12(14)17;1-2/h4-8H,1-3H3,(H2,18,19);1-2H3. The number of amides is 1. The van der Waals surface area contributed by atoms with Crippen molar-refractivity contribution in [3.8, 4) is 11.5 Å². The van der Waals surface area contributed by atoms with Crippen LogP contribution in [0.4, 0.5) is 0 Å². The van der Waals surface area contributed by atoms with Crippen molar-refractivity contribution in [2.75, 3.05) is 14.2 Å². The van der Waals surface area contributed by atoms with Gasteiger partial charge in [0.05, 0.1) is 19.2 Å². The van der Waals surface area contributed by atoms with Crippen LogP contribution in [0.3, 0.4) is 0 Å². The average molecular weight is 368 g/mol. The summed E-state index contributed by atoms with van der Waals surface area (Å²) in [7, 11) is 3.21. The highest BCUT2D eigenvalue weighted by Gasteiger charge is 2.12. The SMILES string of the molecule is CC.COc1cc(Sc2ccc(C(N)=O)cc2Cl)cc(C)c1OC. The molecule has 0 fully saturated rings. The molecular formula is C18H22ClNO3S. The largest absolute Gasteiger partial charge is 0.493 e. The molecule has 24 heavy (non-hydrogen) atoms. The summed E-state index contributed by atoms with van der Waals surface area (Å²) in [5.41, 5.74) is 6.59. The van der Waals surface area contributed by atoms with Crippen LogP contribution in [0.25, 0.3) is 0 Å². The molecule has 2 aromatic carbocycles. The molecule has 0 atom stereocenters. The molecule has 0 aromatic heterocycles. The summed E-state index contributed by atoms with van der Waals surface area (Å²) in [5, 5.41) is 0.480. The van der Waals surface area contributed by atoms with E-state index in [1.165, 1.54) is 11.8 Å². The normalized spacial score (nSPS) is 9.75. The van der Waals surface area contributed by atoms with Gasteiger partial charge < -0.3 is 15.2 Å². The Labute approximate surface area is 152 Å². The molecule has 0 aliphatic carbocycles. The molecule has 0 spiro atoms. The molecule has 2 rings (SSSR count). The van der Waals surface area contributed by atoms with Crippen LogP contribution < -0.4 is 15.2 Å². The summed E-state index contributed by atoms with van der Waals surface area (Å²) in [6.07, 6.45) is 0. The van der Waals surface area contributed by atoms with E-state index < -0.39 is 5.91 Å². The number of carbonyl (C=O) groups excluding carboxylic acids is 1. The summed E-state index contributed by atoms with van der Waals surface area (Å²) < 4.78 is 10.7. The van der Waals surface area contributed by atoms with E-state index in [-0.39, 0.29) is 0 Å². The minimum absolute atomic E-state index is 0.387. The van der Waals surface area contributed by atoms with Crippen molar-refractivity contribution in [1.82, 2.24) is 0 Å². The lowest BCUT2D eigenvalue weighted by Crippen LogP contribution is -2.10. The van der Waals surface area contributed by atoms with Crippen LogP contribution in [0, 0.1) is 6.92 Å². The first-order valence-corrected chi connectivity index (χ1v) is 8.65. The Hall–Kier alpha value is -1.85. The van der Waals surface area contributed by atoms with Crippen LogP contribution in [0.2, 0.25) is 5.02 Å². The minimum atomic E-state index is -0.500. The first kappa shape index (κ1) is 20.2. The third-order valence-corrected chi connectivity index (χ3v) is 4.55. The van der Waals surface area contributed by atoms with Gasteiger partial charge in [0.2, 0.25) is 5.91 Å². The average Bonchev–Trinajstić information content (AvgIpc) is 2.57. The fraction of sp³-hybridized carbons (Fsp3) is 0.278. The van der Waals surface area contributed by atoms with Gasteiger partial charge in [-0.3, -0.25) is 4.79 Å². The maximum atomic E-state index is 11.1. The molecule has 130 valence electrons. The highest BCUT2D eigenvalue weighted by molar-refractivity contribution is 7.99. The van der Waals surface area contributed by atoms with Gasteiger partial charge in [-0.15, -0.1) is 0 Å². The van der Waals surface area contributed by atoms with Crippen molar-refractivity contribution in [2.45, 2.75) is 30.6 Å². The first-order chi connectivity index (χ1) is 11.5. The number of nitrogens with two attached hydrogens (primary N) is 1. The van der Waals surface area contributed by atoms with Gasteiger partial charge in [0.25, 0.3) is 0 Å². The number of primary amides is 1. The van der Waals surface area contributed by atoms with Gasteiger partial charge in [0.15, 0.2) is 11.5 Å². The van der Waals surface area contributed by atoms with Crippen LogP contribution in [0.15, 0.2) is 40.1 Å². The molecule has 0 aliphatic heterocycles. The second kappa shape index (κ2) is 9.45. The zero-order chi connectivity index (χ0) is 18.3. The number of hydrogen-bond acceptors (Lipinski definition) is 4. The molecule has 0 heterocycles. The first-order valence-electron chi connectivity index (χ1n) is 7.46. The second-order valence-electron chi connectivity index (χ2n) is 4.59. The summed E-state index contributed by atoms with van der Waals surface area (Å²) in [4.78, 5) is 12.9. The Bertz CT molecular complexity index is 720. The molecule has 1 amide bonds. The molecule has 2 aromatic rings. The number of carbonyl (C=O) groups is 1. The summed E-state index contributed by atoms with van der Waals surface area (Å²) in [5.74, 6) is 0.873. The van der Waals surface area contributed by atoms with Crippen molar-refractivity contribution in [2.24, 2.45) is 5.73 Å². The predicted molar refractivity (Wildman–Crippen MR) is 99.7 cm³/mol. The van der Waals surface area contributed by atoms with E-state index >= 15 is 0 Å². The van der Waals surface area contributed by atoms with Crippen molar-refractivity contribution < 1.29 is 14.3 Å². The van der Waals surface area contributed by atoms with Crippen molar-refractivity contribution in [3.05, 3.63) is 46.5 Å². The van der Waals surface area contributed by atoms with E-state index in [9.17, 15) is 4.79 Å². The number of hydrogen-bond donors (Lipinski definition) is 1. The highest BCUT2D eigenvalue weighted by atomic mass is 35.5. The maximum absolute atomic E-state index is 11.1. The van der Waals surface area contributed by atoms with Crippen LogP contribution in [-0.4, -0.2) is 20.1 Å². The van der Waals surface area contributed by atoms with Gasteiger partial charge in [0.1, 0.15) is 0 Å². The summed E-state index contributed by atoms with van der Waals surface area (Å²) in [6, 6.07) is 8.88. The minimum Gasteiger partial charge on any atom is -0.493 e. The zero-order valence-corrected chi connectivity index (χ0v) is 16.0. The Kier molecular flexibility index (Phi) is 7.95. The Balaban J connectivity index is 0.00000139. The Morgan fingerprint density at radius 1 is 1.12 bits per heavy atom. The fourth-order valence-corrected chi connectivity index (χ4v) is 3.29. The van der Waals surface area contributed by atoms with E-state index in [4.69, 9.17) is 26.8 Å². The lowest BCUT2D eigenvalue weighted by atomic mass is 10.2. The number of methoxy groups -OCH3 is 2. The van der Waals surface area contributed by atoms with E-state index in [0.717, 1.165) is 15.4 Å². The lowest BCUT2D eigenvalue weighted by Gasteiger charge is -2.13. The summed E-state index contributed by atoms with van der Waals surface area (Å²) >= 11 is 7.69. The molecule has 0 radical (unpaired) electrons. The predicted octanol–water partition coefficient (Wildman–Crippen LogP) is 4.94. The molecule has 0 unspecified atom stereocenters. The van der Waals surface area contributed by atoms with Crippen LogP contribution in [0.1, 0.15) is 29.8 Å². The number of ether oxygens (including phenoxy) is 2. The van der Waals surface area contributed by atoms with Crippen LogP contribution in [0.5, 0.6) is 11.5 Å². The van der Waals surface area contributed by atoms with Gasteiger partial charge in [-0.1, -0.05) is 37.2 Å². The molecule has 0 bridgehead atoms. The fourth-order valence-electron chi connectivity index (χ4n) is 2.05. The van der Waals surface area contributed by atoms with E-state index in [1.807, 2.05) is 32.9 Å². The molecule has 0 saturated heterocycles. The van der Waals surface area contributed by atoms with Crippen LogP contribution >= 0.6 is 23.4 Å². The number of halogens is 1.